The minimum atomic E-state index is -0.395. The van der Waals surface area contributed by atoms with Crippen molar-refractivity contribution in [3.8, 4) is 0 Å². The van der Waals surface area contributed by atoms with E-state index in [2.05, 4.69) is 31.1 Å². The van der Waals surface area contributed by atoms with Gasteiger partial charge in [-0.15, -0.1) is 0 Å². The molecule has 0 aliphatic rings. The molecule has 0 radical (unpaired) electrons. The predicted molar refractivity (Wildman–Crippen MR) is 106 cm³/mol. The van der Waals surface area contributed by atoms with Crippen molar-refractivity contribution in [1.29, 1.82) is 0 Å². The molecule has 0 saturated heterocycles. The smallest absolute Gasteiger partial charge is 0.263 e. The van der Waals surface area contributed by atoms with Crippen LogP contribution in [0.15, 0.2) is 54.0 Å². The van der Waals surface area contributed by atoms with Crippen LogP contribution >= 0.6 is 0 Å². The molecule has 2 rings (SSSR count). The molecule has 138 valence electrons. The summed E-state index contributed by atoms with van der Waals surface area (Å²) >= 11 is 0. The topological polar surface area (TPSA) is 63.1 Å². The molecule has 0 saturated carbocycles. The van der Waals surface area contributed by atoms with E-state index in [1.165, 1.54) is 7.05 Å². The summed E-state index contributed by atoms with van der Waals surface area (Å²) in [5, 5.41) is 5.82. The molecule has 0 unspecified atom stereocenters. The monoisotopic (exact) mass is 353 g/mol. The van der Waals surface area contributed by atoms with E-state index in [4.69, 9.17) is 0 Å². The first-order valence-corrected chi connectivity index (χ1v) is 8.86. The molecular weight excluding hydrogens is 326 g/mol. The molecule has 1 amide bonds. The Morgan fingerprint density at radius 1 is 1.23 bits per heavy atom. The van der Waals surface area contributed by atoms with E-state index in [0.717, 1.165) is 24.1 Å². The molecule has 5 nitrogen and oxygen atoms in total. The average molecular weight is 353 g/mol. The fraction of sp³-hybridized carbons (Fsp3) is 0.333. The van der Waals surface area contributed by atoms with Gasteiger partial charge in [-0.2, -0.15) is 0 Å². The molecule has 5 heteroatoms. The Morgan fingerprint density at radius 3 is 2.54 bits per heavy atom. The Labute approximate surface area is 154 Å². The first kappa shape index (κ1) is 19.5. The fourth-order valence-electron chi connectivity index (χ4n) is 2.61. The molecular formula is C21H27N3O2. The number of hydrogen-bond donors (Lipinski definition) is 2. The number of nitrogens with one attached hydrogen (secondary N) is 2. The lowest BCUT2D eigenvalue weighted by molar-refractivity contribution is 0.0961. The Bertz CT molecular complexity index is 823. The highest BCUT2D eigenvalue weighted by atomic mass is 16.2. The van der Waals surface area contributed by atoms with Crippen LogP contribution in [-0.2, 0) is 6.54 Å². The van der Waals surface area contributed by atoms with Crippen LogP contribution in [0.25, 0.3) is 5.70 Å². The van der Waals surface area contributed by atoms with Crippen molar-refractivity contribution in [2.24, 2.45) is 5.92 Å². The molecule has 0 bridgehead atoms. The number of rotatable bonds is 8. The second-order valence-corrected chi connectivity index (χ2v) is 6.73. The first-order valence-electron chi connectivity index (χ1n) is 8.86. The summed E-state index contributed by atoms with van der Waals surface area (Å²) in [4.78, 5) is 24.8. The van der Waals surface area contributed by atoms with Crippen LogP contribution in [0.2, 0.25) is 0 Å². The van der Waals surface area contributed by atoms with Gasteiger partial charge in [-0.1, -0.05) is 50.8 Å². The van der Waals surface area contributed by atoms with Crippen molar-refractivity contribution >= 4 is 11.6 Å². The van der Waals surface area contributed by atoms with E-state index in [9.17, 15) is 9.59 Å². The quantitative estimate of drug-likeness (QED) is 0.767. The Hall–Kier alpha value is -2.82. The summed E-state index contributed by atoms with van der Waals surface area (Å²) in [7, 11) is 1.52. The molecule has 1 aromatic carbocycles. The van der Waals surface area contributed by atoms with Crippen LogP contribution in [0.3, 0.4) is 0 Å². The molecule has 1 aromatic heterocycles. The van der Waals surface area contributed by atoms with Crippen LogP contribution in [0.1, 0.15) is 41.8 Å². The Morgan fingerprint density at radius 2 is 1.92 bits per heavy atom. The summed E-state index contributed by atoms with van der Waals surface area (Å²) < 4.78 is 1.56. The van der Waals surface area contributed by atoms with Crippen molar-refractivity contribution in [3.63, 3.8) is 0 Å². The van der Waals surface area contributed by atoms with Crippen LogP contribution in [0, 0.1) is 5.92 Å². The third-order valence-corrected chi connectivity index (χ3v) is 4.16. The van der Waals surface area contributed by atoms with E-state index in [1.807, 2.05) is 30.3 Å². The SMILES string of the molecule is C=C(NCCC(C)C)c1cc(C(=O)NC)c(=O)n(Cc2ccccc2)c1. The zero-order valence-electron chi connectivity index (χ0n) is 15.7. The zero-order chi connectivity index (χ0) is 19.1. The van der Waals surface area contributed by atoms with Gasteiger partial charge in [0.25, 0.3) is 11.5 Å². The Kier molecular flexibility index (Phi) is 6.78. The van der Waals surface area contributed by atoms with E-state index < -0.39 is 5.91 Å². The van der Waals surface area contributed by atoms with Crippen molar-refractivity contribution in [1.82, 2.24) is 15.2 Å². The minimum Gasteiger partial charge on any atom is -0.385 e. The number of pyridine rings is 1. The average Bonchev–Trinajstić information content (AvgIpc) is 2.63. The Balaban J connectivity index is 2.36. The number of amides is 1. The fourth-order valence-corrected chi connectivity index (χ4v) is 2.61. The van der Waals surface area contributed by atoms with Crippen molar-refractivity contribution in [2.45, 2.75) is 26.8 Å². The third-order valence-electron chi connectivity index (χ3n) is 4.16. The standard InChI is InChI=1S/C21H27N3O2/c1-15(2)10-11-23-16(3)18-12-19(20(25)22-4)21(26)24(14-18)13-17-8-6-5-7-9-17/h5-9,12,14-15,23H,3,10-11,13H2,1-2,4H3,(H,22,25). The molecule has 0 atom stereocenters. The second kappa shape index (κ2) is 9.04. The van der Waals surface area contributed by atoms with Gasteiger partial charge in [0.2, 0.25) is 0 Å². The van der Waals surface area contributed by atoms with Gasteiger partial charge in [-0.3, -0.25) is 9.59 Å². The van der Waals surface area contributed by atoms with Gasteiger partial charge in [-0.05, 0) is 24.0 Å². The highest BCUT2D eigenvalue weighted by Crippen LogP contribution is 2.12. The molecule has 0 aliphatic heterocycles. The third kappa shape index (κ3) is 5.09. The van der Waals surface area contributed by atoms with E-state index in [-0.39, 0.29) is 11.1 Å². The van der Waals surface area contributed by atoms with Gasteiger partial charge in [0.15, 0.2) is 0 Å². The van der Waals surface area contributed by atoms with Crippen molar-refractivity contribution in [2.75, 3.05) is 13.6 Å². The molecule has 2 N–H and O–H groups in total. The lowest BCUT2D eigenvalue weighted by Crippen LogP contribution is -2.32. The summed E-state index contributed by atoms with van der Waals surface area (Å²) in [6, 6.07) is 11.3. The highest BCUT2D eigenvalue weighted by molar-refractivity contribution is 5.94. The summed E-state index contributed by atoms with van der Waals surface area (Å²) in [6.07, 6.45) is 2.78. The number of carbonyl (C=O) groups is 1. The van der Waals surface area contributed by atoms with Crippen molar-refractivity contribution in [3.05, 3.63) is 76.2 Å². The van der Waals surface area contributed by atoms with Gasteiger partial charge < -0.3 is 15.2 Å². The predicted octanol–water partition coefficient (Wildman–Crippen LogP) is 2.86. The molecule has 26 heavy (non-hydrogen) atoms. The maximum Gasteiger partial charge on any atom is 0.263 e. The van der Waals surface area contributed by atoms with Crippen LogP contribution in [-0.4, -0.2) is 24.1 Å². The van der Waals surface area contributed by atoms with E-state index in [1.54, 1.807) is 16.8 Å². The molecule has 1 heterocycles. The summed E-state index contributed by atoms with van der Waals surface area (Å²) in [5.74, 6) is 0.192. The van der Waals surface area contributed by atoms with E-state index >= 15 is 0 Å². The number of carbonyl (C=O) groups excluding carboxylic acids is 1. The lowest BCUT2D eigenvalue weighted by Gasteiger charge is -2.15. The maximum absolute atomic E-state index is 12.7. The maximum atomic E-state index is 12.7. The molecule has 0 spiro atoms. The van der Waals surface area contributed by atoms with Gasteiger partial charge in [0.05, 0.1) is 6.54 Å². The normalized spacial score (nSPS) is 10.6. The van der Waals surface area contributed by atoms with Gasteiger partial charge >= 0.3 is 0 Å². The number of aromatic nitrogens is 1. The van der Waals surface area contributed by atoms with Crippen LogP contribution in [0.5, 0.6) is 0 Å². The minimum absolute atomic E-state index is 0.118. The summed E-state index contributed by atoms with van der Waals surface area (Å²) in [5.41, 5.74) is 2.24. The van der Waals surface area contributed by atoms with Gasteiger partial charge in [-0.25, -0.2) is 0 Å². The number of benzene rings is 1. The van der Waals surface area contributed by atoms with Crippen molar-refractivity contribution < 1.29 is 4.79 Å². The first-order chi connectivity index (χ1) is 12.4. The number of hydrogen-bond acceptors (Lipinski definition) is 3. The zero-order valence-corrected chi connectivity index (χ0v) is 15.7. The highest BCUT2D eigenvalue weighted by Gasteiger charge is 2.14. The molecule has 0 fully saturated rings. The lowest BCUT2D eigenvalue weighted by atomic mass is 10.1. The number of nitrogens with zero attached hydrogens (tertiary/aromatic N) is 1. The van der Waals surface area contributed by atoms with Gasteiger partial charge in [0.1, 0.15) is 5.56 Å². The van der Waals surface area contributed by atoms with Crippen LogP contribution in [0.4, 0.5) is 0 Å². The largest absolute Gasteiger partial charge is 0.385 e. The molecule has 2 aromatic rings. The van der Waals surface area contributed by atoms with E-state index in [0.29, 0.717) is 18.2 Å². The summed E-state index contributed by atoms with van der Waals surface area (Å²) in [6.45, 7) is 9.58. The molecule has 0 aliphatic carbocycles. The van der Waals surface area contributed by atoms with Crippen LogP contribution < -0.4 is 16.2 Å². The van der Waals surface area contributed by atoms with Gasteiger partial charge in [0, 0.05) is 31.0 Å². The second-order valence-electron chi connectivity index (χ2n) is 6.73.